The lowest BCUT2D eigenvalue weighted by Crippen LogP contribution is -2.21. The molecule has 3 aromatic rings. The van der Waals surface area contributed by atoms with Crippen molar-refractivity contribution < 1.29 is 4.39 Å². The van der Waals surface area contributed by atoms with E-state index in [1.165, 1.54) is 16.7 Å². The number of hydrogen-bond donors (Lipinski definition) is 0. The summed E-state index contributed by atoms with van der Waals surface area (Å²) >= 11 is 6.02. The number of hydrogen-bond acceptors (Lipinski definition) is 3. The van der Waals surface area contributed by atoms with Gasteiger partial charge in [-0.1, -0.05) is 12.1 Å². The van der Waals surface area contributed by atoms with Crippen LogP contribution in [0.15, 0.2) is 35.4 Å². The first-order chi connectivity index (χ1) is 10.1. The summed E-state index contributed by atoms with van der Waals surface area (Å²) in [5, 5.41) is 0.135. The van der Waals surface area contributed by atoms with Gasteiger partial charge in [-0.3, -0.25) is 9.36 Å². The van der Waals surface area contributed by atoms with Crippen LogP contribution in [0.1, 0.15) is 12.5 Å². The van der Waals surface area contributed by atoms with E-state index in [4.69, 9.17) is 11.6 Å². The molecule has 0 bridgehead atoms. The van der Waals surface area contributed by atoms with Crippen LogP contribution in [0.4, 0.5) is 4.39 Å². The van der Waals surface area contributed by atoms with Crippen LogP contribution in [0.3, 0.4) is 0 Å². The Bertz CT molecular complexity index is 854. The van der Waals surface area contributed by atoms with Gasteiger partial charge in [0.15, 0.2) is 11.2 Å². The van der Waals surface area contributed by atoms with Crippen LogP contribution in [0.25, 0.3) is 11.2 Å². The summed E-state index contributed by atoms with van der Waals surface area (Å²) < 4.78 is 16.0. The average molecular weight is 307 g/mol. The third-order valence-corrected chi connectivity index (χ3v) is 3.55. The molecule has 0 aliphatic heterocycles. The fourth-order valence-corrected chi connectivity index (χ4v) is 2.46. The molecule has 0 fully saturated rings. The van der Waals surface area contributed by atoms with Crippen molar-refractivity contribution in [2.45, 2.75) is 20.0 Å². The standard InChI is InChI=1S/C14H12ClFN4O/c1-2-20-13(21)11-12(18-14(20)15)19(8-17-11)7-9-3-5-10(16)6-4-9/h3-6,8H,2,7H2,1H3. The summed E-state index contributed by atoms with van der Waals surface area (Å²) in [4.78, 5) is 20.6. The van der Waals surface area contributed by atoms with E-state index in [-0.39, 0.29) is 22.2 Å². The maximum absolute atomic E-state index is 12.9. The molecule has 2 aromatic heterocycles. The largest absolute Gasteiger partial charge is 0.311 e. The molecule has 0 atom stereocenters. The lowest BCUT2D eigenvalue weighted by atomic mass is 10.2. The smallest absolute Gasteiger partial charge is 0.282 e. The minimum absolute atomic E-state index is 0.135. The first-order valence-corrected chi connectivity index (χ1v) is 6.83. The van der Waals surface area contributed by atoms with E-state index in [0.29, 0.717) is 18.7 Å². The van der Waals surface area contributed by atoms with E-state index in [1.54, 1.807) is 23.0 Å². The molecule has 0 amide bonds. The second-order valence-corrected chi connectivity index (χ2v) is 4.94. The SMILES string of the molecule is CCn1c(Cl)nc2c(ncn2Cc2ccc(F)cc2)c1=O. The van der Waals surface area contributed by atoms with Gasteiger partial charge in [0.1, 0.15) is 5.82 Å². The molecule has 21 heavy (non-hydrogen) atoms. The van der Waals surface area contributed by atoms with E-state index in [0.717, 1.165) is 5.56 Å². The minimum atomic E-state index is -0.291. The highest BCUT2D eigenvalue weighted by Crippen LogP contribution is 2.13. The molecular weight excluding hydrogens is 295 g/mol. The van der Waals surface area contributed by atoms with Gasteiger partial charge >= 0.3 is 0 Å². The summed E-state index contributed by atoms with van der Waals surface area (Å²) in [5.41, 5.74) is 1.33. The van der Waals surface area contributed by atoms with Crippen LogP contribution in [0.2, 0.25) is 5.28 Å². The van der Waals surface area contributed by atoms with Gasteiger partial charge in [-0.05, 0) is 36.2 Å². The van der Waals surface area contributed by atoms with Crippen molar-refractivity contribution in [2.75, 3.05) is 0 Å². The highest BCUT2D eigenvalue weighted by Gasteiger charge is 2.13. The van der Waals surface area contributed by atoms with E-state index in [2.05, 4.69) is 9.97 Å². The molecule has 0 saturated heterocycles. The summed E-state index contributed by atoms with van der Waals surface area (Å²) in [5.74, 6) is -0.291. The van der Waals surface area contributed by atoms with Gasteiger partial charge in [0, 0.05) is 6.54 Å². The van der Waals surface area contributed by atoms with Gasteiger partial charge in [0.25, 0.3) is 5.56 Å². The van der Waals surface area contributed by atoms with Crippen LogP contribution in [0.5, 0.6) is 0 Å². The Labute approximate surface area is 124 Å². The first kappa shape index (κ1) is 13.8. The van der Waals surface area contributed by atoms with Crippen molar-refractivity contribution in [1.29, 1.82) is 0 Å². The van der Waals surface area contributed by atoms with Crippen molar-refractivity contribution in [2.24, 2.45) is 0 Å². The number of imidazole rings is 1. The molecule has 108 valence electrons. The molecule has 0 saturated carbocycles. The number of fused-ring (bicyclic) bond motifs is 1. The highest BCUT2D eigenvalue weighted by atomic mass is 35.5. The summed E-state index contributed by atoms with van der Waals surface area (Å²) in [6.07, 6.45) is 1.54. The normalized spacial score (nSPS) is 11.2. The number of aromatic nitrogens is 4. The summed E-state index contributed by atoms with van der Waals surface area (Å²) in [7, 11) is 0. The zero-order valence-electron chi connectivity index (χ0n) is 11.3. The monoisotopic (exact) mass is 306 g/mol. The lowest BCUT2D eigenvalue weighted by molar-refractivity contribution is 0.626. The third-order valence-electron chi connectivity index (χ3n) is 3.26. The summed E-state index contributed by atoms with van der Waals surface area (Å²) in [6, 6.07) is 6.13. The minimum Gasteiger partial charge on any atom is -0.311 e. The number of nitrogens with zero attached hydrogens (tertiary/aromatic N) is 4. The van der Waals surface area contributed by atoms with Gasteiger partial charge in [-0.25, -0.2) is 9.37 Å². The van der Waals surface area contributed by atoms with E-state index in [9.17, 15) is 9.18 Å². The van der Waals surface area contributed by atoms with Crippen molar-refractivity contribution in [3.63, 3.8) is 0 Å². The maximum atomic E-state index is 12.9. The molecule has 0 N–H and O–H groups in total. The Hall–Kier alpha value is -2.21. The quantitative estimate of drug-likeness (QED) is 0.698. The van der Waals surface area contributed by atoms with Crippen molar-refractivity contribution in [1.82, 2.24) is 19.1 Å². The molecule has 0 radical (unpaired) electrons. The second kappa shape index (κ2) is 5.29. The molecule has 0 aliphatic carbocycles. The lowest BCUT2D eigenvalue weighted by Gasteiger charge is -2.06. The first-order valence-electron chi connectivity index (χ1n) is 6.45. The Kier molecular flexibility index (Phi) is 3.47. The Morgan fingerprint density at radius 1 is 1.29 bits per heavy atom. The number of halogens is 2. The fourth-order valence-electron chi connectivity index (χ4n) is 2.18. The third kappa shape index (κ3) is 2.42. The molecule has 7 heteroatoms. The molecule has 1 aromatic carbocycles. The molecule has 0 unspecified atom stereocenters. The Morgan fingerprint density at radius 2 is 2.00 bits per heavy atom. The highest BCUT2D eigenvalue weighted by molar-refractivity contribution is 6.28. The summed E-state index contributed by atoms with van der Waals surface area (Å²) in [6.45, 7) is 2.69. The van der Waals surface area contributed by atoms with Crippen LogP contribution < -0.4 is 5.56 Å². The van der Waals surface area contributed by atoms with Crippen molar-refractivity contribution in [3.05, 3.63) is 57.6 Å². The van der Waals surface area contributed by atoms with E-state index < -0.39 is 0 Å². The van der Waals surface area contributed by atoms with Gasteiger partial charge in [-0.2, -0.15) is 4.98 Å². The van der Waals surface area contributed by atoms with Crippen LogP contribution in [0, 0.1) is 5.82 Å². The molecular formula is C14H12ClFN4O. The van der Waals surface area contributed by atoms with Crippen molar-refractivity contribution in [3.8, 4) is 0 Å². The van der Waals surface area contributed by atoms with Crippen LogP contribution >= 0.6 is 11.6 Å². The predicted molar refractivity (Wildman–Crippen MR) is 78.0 cm³/mol. The zero-order valence-corrected chi connectivity index (χ0v) is 12.0. The Balaban J connectivity index is 2.08. The molecule has 3 rings (SSSR count). The fraction of sp³-hybridized carbons (Fsp3) is 0.214. The molecule has 0 aliphatic rings. The van der Waals surface area contributed by atoms with Gasteiger partial charge in [0.05, 0.1) is 12.9 Å². The number of benzene rings is 1. The van der Waals surface area contributed by atoms with E-state index >= 15 is 0 Å². The number of rotatable bonds is 3. The predicted octanol–water partition coefficient (Wildman–Crippen LogP) is 2.45. The van der Waals surface area contributed by atoms with Gasteiger partial charge < -0.3 is 4.57 Å². The van der Waals surface area contributed by atoms with Crippen molar-refractivity contribution >= 4 is 22.8 Å². The van der Waals surface area contributed by atoms with E-state index in [1.807, 2.05) is 6.92 Å². The molecule has 0 spiro atoms. The zero-order chi connectivity index (χ0) is 15.0. The topological polar surface area (TPSA) is 52.7 Å². The maximum Gasteiger partial charge on any atom is 0.282 e. The average Bonchev–Trinajstić information content (AvgIpc) is 2.85. The van der Waals surface area contributed by atoms with Gasteiger partial charge in [0.2, 0.25) is 5.28 Å². The van der Waals surface area contributed by atoms with Crippen LogP contribution in [-0.2, 0) is 13.1 Å². The molecule has 5 nitrogen and oxygen atoms in total. The van der Waals surface area contributed by atoms with Gasteiger partial charge in [-0.15, -0.1) is 0 Å². The molecule has 2 heterocycles. The Morgan fingerprint density at radius 3 is 2.67 bits per heavy atom. The second-order valence-electron chi connectivity index (χ2n) is 4.60. The van der Waals surface area contributed by atoms with Crippen LogP contribution in [-0.4, -0.2) is 19.1 Å².